The molecule has 1 heterocycles. The van der Waals surface area contributed by atoms with Crippen molar-refractivity contribution in [1.82, 2.24) is 10.2 Å². The summed E-state index contributed by atoms with van der Waals surface area (Å²) in [5, 5.41) is 3.23. The molecule has 0 aromatic heterocycles. The summed E-state index contributed by atoms with van der Waals surface area (Å²) in [4.78, 5) is 14.9. The molecule has 5 unspecified atom stereocenters. The highest BCUT2D eigenvalue weighted by molar-refractivity contribution is 5.82. The van der Waals surface area contributed by atoms with Crippen molar-refractivity contribution in [2.75, 3.05) is 20.1 Å². The largest absolute Gasteiger partial charge is 0.341 e. The minimum Gasteiger partial charge on any atom is -0.341 e. The number of likely N-dealkylation sites (tertiary alicyclic amines) is 1. The quantitative estimate of drug-likeness (QED) is 0.861. The summed E-state index contributed by atoms with van der Waals surface area (Å²) in [5.74, 6) is 3.69. The maximum Gasteiger partial charge on any atom is 0.239 e. The number of likely N-dealkylation sites (N-methyl/N-ethyl adjacent to an activating group) is 1. The van der Waals surface area contributed by atoms with Crippen LogP contribution in [0.15, 0.2) is 0 Å². The predicted molar refractivity (Wildman–Crippen MR) is 81.4 cm³/mol. The lowest BCUT2D eigenvalue weighted by Gasteiger charge is -2.29. The van der Waals surface area contributed by atoms with E-state index in [1.807, 2.05) is 7.05 Å². The number of nitrogens with one attached hydrogen (secondary N) is 1. The van der Waals surface area contributed by atoms with Gasteiger partial charge in [-0.2, -0.15) is 0 Å². The molecule has 0 spiro atoms. The Hall–Kier alpha value is -0.570. The molecule has 1 aliphatic heterocycles. The van der Waals surface area contributed by atoms with Crippen molar-refractivity contribution in [3.05, 3.63) is 0 Å². The minimum absolute atomic E-state index is 0.0493. The van der Waals surface area contributed by atoms with Crippen LogP contribution in [0.2, 0.25) is 0 Å². The summed E-state index contributed by atoms with van der Waals surface area (Å²) in [6, 6.07) is 0.0493. The van der Waals surface area contributed by atoms with E-state index in [0.717, 1.165) is 37.3 Å². The van der Waals surface area contributed by atoms with Crippen molar-refractivity contribution in [3.8, 4) is 0 Å². The number of hydrogen-bond donors (Lipinski definition) is 1. The van der Waals surface area contributed by atoms with Gasteiger partial charge < -0.3 is 10.2 Å². The van der Waals surface area contributed by atoms with E-state index >= 15 is 0 Å². The topological polar surface area (TPSA) is 32.3 Å². The number of nitrogens with zero attached hydrogens (tertiary/aromatic N) is 1. The number of amides is 1. The van der Waals surface area contributed by atoms with Crippen LogP contribution in [0, 0.1) is 23.7 Å². The van der Waals surface area contributed by atoms with Gasteiger partial charge in [0.05, 0.1) is 6.04 Å². The van der Waals surface area contributed by atoms with Crippen LogP contribution in [0.5, 0.6) is 0 Å². The number of rotatable bonds is 3. The average Bonchev–Trinajstić information content (AvgIpc) is 2.64. The van der Waals surface area contributed by atoms with Crippen molar-refractivity contribution in [2.24, 2.45) is 23.7 Å². The first-order chi connectivity index (χ1) is 9.67. The molecule has 5 atom stereocenters. The average molecular weight is 278 g/mol. The third kappa shape index (κ3) is 2.88. The van der Waals surface area contributed by atoms with Crippen molar-refractivity contribution in [3.63, 3.8) is 0 Å². The Kier molecular flexibility index (Phi) is 4.34. The zero-order chi connectivity index (χ0) is 14.1. The Morgan fingerprint density at radius 3 is 2.80 bits per heavy atom. The molecule has 1 saturated heterocycles. The van der Waals surface area contributed by atoms with Gasteiger partial charge in [-0.3, -0.25) is 4.79 Å². The molecule has 0 aromatic rings. The second-order valence-corrected chi connectivity index (χ2v) is 7.54. The standard InChI is InChI=1S/C17H30N2O/c1-12-6-7-19(17(20)16(8-12)18-2)11-15-10-13-4-3-5-14(15)9-13/h12-16,18H,3-11H2,1-2H3. The lowest BCUT2D eigenvalue weighted by Crippen LogP contribution is -2.46. The Labute approximate surface area is 123 Å². The lowest BCUT2D eigenvalue weighted by atomic mass is 9.87. The third-order valence-electron chi connectivity index (χ3n) is 6.07. The molecule has 0 radical (unpaired) electrons. The van der Waals surface area contributed by atoms with Crippen molar-refractivity contribution >= 4 is 5.91 Å². The summed E-state index contributed by atoms with van der Waals surface area (Å²) in [6.07, 6.45) is 9.28. The molecule has 114 valence electrons. The van der Waals surface area contributed by atoms with Gasteiger partial charge in [0, 0.05) is 13.1 Å². The van der Waals surface area contributed by atoms with Gasteiger partial charge in [-0.15, -0.1) is 0 Å². The fourth-order valence-electron chi connectivity index (χ4n) is 4.85. The van der Waals surface area contributed by atoms with Crippen LogP contribution < -0.4 is 5.32 Å². The molecule has 3 heteroatoms. The van der Waals surface area contributed by atoms with E-state index in [0.29, 0.717) is 11.8 Å². The first-order valence-electron chi connectivity index (χ1n) is 8.63. The van der Waals surface area contributed by atoms with Crippen LogP contribution in [-0.4, -0.2) is 37.0 Å². The first kappa shape index (κ1) is 14.4. The van der Waals surface area contributed by atoms with Crippen LogP contribution in [0.25, 0.3) is 0 Å². The summed E-state index contributed by atoms with van der Waals surface area (Å²) in [5.41, 5.74) is 0. The van der Waals surface area contributed by atoms with Gasteiger partial charge in [0.2, 0.25) is 5.91 Å². The molecule has 3 nitrogen and oxygen atoms in total. The Balaban J connectivity index is 1.64. The van der Waals surface area contributed by atoms with E-state index in [-0.39, 0.29) is 6.04 Å². The van der Waals surface area contributed by atoms with Gasteiger partial charge in [0.1, 0.15) is 0 Å². The summed E-state index contributed by atoms with van der Waals surface area (Å²) in [7, 11) is 1.93. The van der Waals surface area contributed by atoms with Crippen molar-refractivity contribution in [1.29, 1.82) is 0 Å². The molecule has 0 aromatic carbocycles. The first-order valence-corrected chi connectivity index (χ1v) is 8.63. The fraction of sp³-hybridized carbons (Fsp3) is 0.941. The monoisotopic (exact) mass is 278 g/mol. The highest BCUT2D eigenvalue weighted by atomic mass is 16.2. The van der Waals surface area contributed by atoms with Gasteiger partial charge in [0.15, 0.2) is 0 Å². The Morgan fingerprint density at radius 2 is 2.05 bits per heavy atom. The van der Waals surface area contributed by atoms with Crippen LogP contribution in [0.4, 0.5) is 0 Å². The van der Waals surface area contributed by atoms with Crippen LogP contribution >= 0.6 is 0 Å². The zero-order valence-electron chi connectivity index (χ0n) is 13.1. The number of carbonyl (C=O) groups excluding carboxylic acids is 1. The Bertz CT molecular complexity index is 357. The maximum absolute atomic E-state index is 12.7. The highest BCUT2D eigenvalue weighted by Crippen LogP contribution is 2.46. The Morgan fingerprint density at radius 1 is 1.20 bits per heavy atom. The molecule has 2 aliphatic carbocycles. The van der Waals surface area contributed by atoms with E-state index in [4.69, 9.17) is 0 Å². The van der Waals surface area contributed by atoms with Crippen LogP contribution in [-0.2, 0) is 4.79 Å². The normalized spacial score (nSPS) is 41.8. The van der Waals surface area contributed by atoms with E-state index < -0.39 is 0 Å². The molecule has 1 amide bonds. The van der Waals surface area contributed by atoms with E-state index in [1.165, 1.54) is 38.5 Å². The molecule has 2 saturated carbocycles. The molecule has 3 rings (SSSR count). The van der Waals surface area contributed by atoms with Gasteiger partial charge in [-0.25, -0.2) is 0 Å². The smallest absolute Gasteiger partial charge is 0.239 e. The predicted octanol–water partition coefficient (Wildman–Crippen LogP) is 2.66. The molecule has 20 heavy (non-hydrogen) atoms. The fourth-order valence-corrected chi connectivity index (χ4v) is 4.85. The SMILES string of the molecule is CNC1CC(C)CCN(CC2CC3CCCC2C3)C1=O. The molecule has 2 bridgehead atoms. The maximum atomic E-state index is 12.7. The highest BCUT2D eigenvalue weighted by Gasteiger charge is 2.39. The number of fused-ring (bicyclic) bond motifs is 2. The molecule has 3 fully saturated rings. The summed E-state index contributed by atoms with van der Waals surface area (Å²) < 4.78 is 0. The van der Waals surface area contributed by atoms with Crippen molar-refractivity contribution in [2.45, 2.75) is 57.9 Å². The second kappa shape index (κ2) is 6.05. The molecular formula is C17H30N2O. The molecular weight excluding hydrogens is 248 g/mol. The van der Waals surface area contributed by atoms with E-state index in [1.54, 1.807) is 0 Å². The van der Waals surface area contributed by atoms with Gasteiger partial charge in [0.25, 0.3) is 0 Å². The summed E-state index contributed by atoms with van der Waals surface area (Å²) in [6.45, 7) is 4.29. The third-order valence-corrected chi connectivity index (χ3v) is 6.07. The molecule has 3 aliphatic rings. The van der Waals surface area contributed by atoms with Crippen LogP contribution in [0.3, 0.4) is 0 Å². The van der Waals surface area contributed by atoms with E-state index in [9.17, 15) is 4.79 Å². The number of hydrogen-bond acceptors (Lipinski definition) is 2. The second-order valence-electron chi connectivity index (χ2n) is 7.54. The molecule has 1 N–H and O–H groups in total. The van der Waals surface area contributed by atoms with Gasteiger partial charge in [-0.05, 0) is 56.4 Å². The minimum atomic E-state index is 0.0493. The van der Waals surface area contributed by atoms with Gasteiger partial charge >= 0.3 is 0 Å². The van der Waals surface area contributed by atoms with Gasteiger partial charge in [-0.1, -0.05) is 26.2 Å². The lowest BCUT2D eigenvalue weighted by molar-refractivity contribution is -0.133. The van der Waals surface area contributed by atoms with Crippen molar-refractivity contribution < 1.29 is 4.79 Å². The summed E-state index contributed by atoms with van der Waals surface area (Å²) >= 11 is 0. The van der Waals surface area contributed by atoms with E-state index in [2.05, 4.69) is 17.1 Å². The zero-order valence-corrected chi connectivity index (χ0v) is 13.1. The van der Waals surface area contributed by atoms with Crippen LogP contribution in [0.1, 0.15) is 51.9 Å². The number of carbonyl (C=O) groups is 1.